The van der Waals surface area contributed by atoms with Crippen LogP contribution >= 0.6 is 0 Å². The van der Waals surface area contributed by atoms with Gasteiger partial charge in [-0.1, -0.05) is 26.0 Å². The van der Waals surface area contributed by atoms with Crippen molar-refractivity contribution >= 4 is 11.0 Å². The van der Waals surface area contributed by atoms with E-state index in [1.807, 2.05) is 0 Å². The molecule has 0 saturated heterocycles. The van der Waals surface area contributed by atoms with Crippen LogP contribution in [0.3, 0.4) is 0 Å². The molecule has 2 nitrogen and oxygen atoms in total. The molecule has 2 aromatic rings. The lowest BCUT2D eigenvalue weighted by atomic mass is 9.97. The molecule has 3 rings (SSSR count). The van der Waals surface area contributed by atoms with Crippen molar-refractivity contribution in [1.82, 2.24) is 0 Å². The van der Waals surface area contributed by atoms with E-state index in [0.717, 1.165) is 11.3 Å². The molecule has 2 heteroatoms. The SMILES string of the molecule is Cc1ccc(C(C)C)c2cc(C(N)C3CC3)oc12. The van der Waals surface area contributed by atoms with Crippen LogP contribution in [0.15, 0.2) is 22.6 Å². The average molecular weight is 243 g/mol. The van der Waals surface area contributed by atoms with E-state index in [-0.39, 0.29) is 6.04 Å². The van der Waals surface area contributed by atoms with Gasteiger partial charge in [-0.3, -0.25) is 0 Å². The third kappa shape index (κ3) is 1.85. The maximum absolute atomic E-state index is 6.25. The summed E-state index contributed by atoms with van der Waals surface area (Å²) in [6, 6.07) is 6.61. The Kier molecular flexibility index (Phi) is 2.70. The van der Waals surface area contributed by atoms with Crippen LogP contribution < -0.4 is 5.73 Å². The van der Waals surface area contributed by atoms with Gasteiger partial charge >= 0.3 is 0 Å². The van der Waals surface area contributed by atoms with Gasteiger partial charge in [-0.15, -0.1) is 0 Å². The third-order valence-electron chi connectivity index (χ3n) is 4.01. The van der Waals surface area contributed by atoms with Crippen molar-refractivity contribution < 1.29 is 4.42 Å². The highest BCUT2D eigenvalue weighted by molar-refractivity contribution is 5.85. The largest absolute Gasteiger partial charge is 0.459 e. The van der Waals surface area contributed by atoms with Crippen molar-refractivity contribution in [1.29, 1.82) is 0 Å². The molecule has 1 unspecified atom stereocenters. The van der Waals surface area contributed by atoms with Crippen LogP contribution in [0.5, 0.6) is 0 Å². The Balaban J connectivity index is 2.14. The summed E-state index contributed by atoms with van der Waals surface area (Å²) < 4.78 is 6.03. The number of aryl methyl sites for hydroxylation is 1. The second kappa shape index (κ2) is 4.13. The van der Waals surface area contributed by atoms with Crippen LogP contribution in [0.25, 0.3) is 11.0 Å². The average Bonchev–Trinajstić information content (AvgIpc) is 3.07. The van der Waals surface area contributed by atoms with E-state index in [0.29, 0.717) is 11.8 Å². The monoisotopic (exact) mass is 243 g/mol. The molecule has 18 heavy (non-hydrogen) atoms. The van der Waals surface area contributed by atoms with Gasteiger partial charge in [0.25, 0.3) is 0 Å². The maximum Gasteiger partial charge on any atom is 0.137 e. The highest BCUT2D eigenvalue weighted by atomic mass is 16.3. The molecule has 1 aliphatic carbocycles. The van der Waals surface area contributed by atoms with Crippen LogP contribution in [0, 0.1) is 12.8 Å². The molecule has 1 heterocycles. The van der Waals surface area contributed by atoms with Crippen LogP contribution in [0.1, 0.15) is 55.5 Å². The lowest BCUT2D eigenvalue weighted by Crippen LogP contribution is -2.10. The topological polar surface area (TPSA) is 39.2 Å². The predicted octanol–water partition coefficient (Wildman–Crippen LogP) is 4.27. The van der Waals surface area contributed by atoms with Crippen LogP contribution in [0.4, 0.5) is 0 Å². The third-order valence-corrected chi connectivity index (χ3v) is 4.01. The number of hydrogen-bond acceptors (Lipinski definition) is 2. The van der Waals surface area contributed by atoms with E-state index in [1.54, 1.807) is 0 Å². The molecule has 1 atom stereocenters. The number of hydrogen-bond donors (Lipinski definition) is 1. The maximum atomic E-state index is 6.25. The number of furan rings is 1. The fourth-order valence-electron chi connectivity index (χ4n) is 2.65. The van der Waals surface area contributed by atoms with E-state index in [1.165, 1.54) is 29.4 Å². The molecule has 1 fully saturated rings. The zero-order valence-electron chi connectivity index (χ0n) is 11.4. The molecule has 1 aromatic heterocycles. The van der Waals surface area contributed by atoms with Gasteiger partial charge in [0.15, 0.2) is 0 Å². The van der Waals surface area contributed by atoms with E-state index >= 15 is 0 Å². The van der Waals surface area contributed by atoms with Crippen LogP contribution in [-0.4, -0.2) is 0 Å². The van der Waals surface area contributed by atoms with Crippen molar-refractivity contribution in [3.63, 3.8) is 0 Å². The predicted molar refractivity (Wildman–Crippen MR) is 74.7 cm³/mol. The normalized spacial score (nSPS) is 17.6. The summed E-state index contributed by atoms with van der Waals surface area (Å²) in [6.45, 7) is 6.54. The second-order valence-electron chi connectivity index (χ2n) is 5.88. The molecular weight excluding hydrogens is 222 g/mol. The molecule has 0 spiro atoms. The molecule has 96 valence electrons. The Morgan fingerprint density at radius 1 is 1.28 bits per heavy atom. The Bertz CT molecular complexity index is 578. The summed E-state index contributed by atoms with van der Waals surface area (Å²) in [5, 5.41) is 1.25. The van der Waals surface area contributed by atoms with Crippen molar-refractivity contribution in [2.75, 3.05) is 0 Å². The Morgan fingerprint density at radius 2 is 2.00 bits per heavy atom. The number of benzene rings is 1. The molecular formula is C16H21NO. The molecule has 0 radical (unpaired) electrons. The summed E-state index contributed by atoms with van der Waals surface area (Å²) in [5.74, 6) is 2.10. The minimum absolute atomic E-state index is 0.0804. The van der Waals surface area contributed by atoms with Gasteiger partial charge in [0.1, 0.15) is 11.3 Å². The molecule has 1 saturated carbocycles. The first kappa shape index (κ1) is 11.8. The number of rotatable bonds is 3. The fraction of sp³-hybridized carbons (Fsp3) is 0.500. The number of fused-ring (bicyclic) bond motifs is 1. The summed E-state index contributed by atoms with van der Waals surface area (Å²) in [4.78, 5) is 0. The first-order valence-electron chi connectivity index (χ1n) is 6.86. The van der Waals surface area contributed by atoms with E-state index in [9.17, 15) is 0 Å². The van der Waals surface area contributed by atoms with E-state index in [2.05, 4.69) is 39.0 Å². The van der Waals surface area contributed by atoms with Crippen molar-refractivity contribution in [3.8, 4) is 0 Å². The van der Waals surface area contributed by atoms with Crippen LogP contribution in [-0.2, 0) is 0 Å². The molecule has 0 aliphatic heterocycles. The smallest absolute Gasteiger partial charge is 0.137 e. The van der Waals surface area contributed by atoms with Crippen LogP contribution in [0.2, 0.25) is 0 Å². The minimum atomic E-state index is 0.0804. The molecule has 0 amide bonds. The summed E-state index contributed by atoms with van der Waals surface area (Å²) >= 11 is 0. The highest BCUT2D eigenvalue weighted by Crippen LogP contribution is 2.42. The first-order valence-corrected chi connectivity index (χ1v) is 6.86. The molecule has 1 aliphatic rings. The molecule has 0 bridgehead atoms. The van der Waals surface area contributed by atoms with Crippen molar-refractivity contribution in [2.45, 2.75) is 45.6 Å². The van der Waals surface area contributed by atoms with Crippen molar-refractivity contribution in [3.05, 3.63) is 35.1 Å². The molecule has 2 N–H and O–H groups in total. The first-order chi connectivity index (χ1) is 8.58. The lowest BCUT2D eigenvalue weighted by Gasteiger charge is -2.07. The standard InChI is InChI=1S/C16H21NO/c1-9(2)12-7-4-10(3)16-13(12)8-14(18-16)15(17)11-5-6-11/h4,7-9,11,15H,5-6,17H2,1-3H3. The van der Waals surface area contributed by atoms with Crippen molar-refractivity contribution in [2.24, 2.45) is 11.7 Å². The zero-order chi connectivity index (χ0) is 12.9. The number of nitrogens with two attached hydrogens (primary N) is 1. The summed E-state index contributed by atoms with van der Waals surface area (Å²) in [7, 11) is 0. The Morgan fingerprint density at radius 3 is 2.61 bits per heavy atom. The van der Waals surface area contributed by atoms with Gasteiger partial charge in [-0.05, 0) is 48.8 Å². The summed E-state index contributed by atoms with van der Waals surface area (Å²) in [5.41, 5.74) is 9.82. The van der Waals surface area contributed by atoms with E-state index in [4.69, 9.17) is 10.2 Å². The van der Waals surface area contributed by atoms with E-state index < -0.39 is 0 Å². The quantitative estimate of drug-likeness (QED) is 0.874. The van der Waals surface area contributed by atoms with Gasteiger partial charge in [0.2, 0.25) is 0 Å². The highest BCUT2D eigenvalue weighted by Gasteiger charge is 2.32. The van der Waals surface area contributed by atoms with Gasteiger partial charge in [-0.2, -0.15) is 0 Å². The van der Waals surface area contributed by atoms with Gasteiger partial charge in [-0.25, -0.2) is 0 Å². The fourth-order valence-corrected chi connectivity index (χ4v) is 2.65. The second-order valence-corrected chi connectivity index (χ2v) is 5.88. The lowest BCUT2D eigenvalue weighted by molar-refractivity contribution is 0.466. The minimum Gasteiger partial charge on any atom is -0.459 e. The molecule has 1 aromatic carbocycles. The van der Waals surface area contributed by atoms with Gasteiger partial charge in [0, 0.05) is 5.39 Å². The Hall–Kier alpha value is -1.28. The van der Waals surface area contributed by atoms with Gasteiger partial charge < -0.3 is 10.2 Å². The summed E-state index contributed by atoms with van der Waals surface area (Å²) in [6.07, 6.45) is 2.49. The zero-order valence-corrected chi connectivity index (χ0v) is 11.4. The van der Waals surface area contributed by atoms with Gasteiger partial charge in [0.05, 0.1) is 6.04 Å². The Labute approximate surface area is 108 Å².